The van der Waals surface area contributed by atoms with Crippen LogP contribution < -0.4 is 15.6 Å². The quantitative estimate of drug-likeness (QED) is 0.437. The van der Waals surface area contributed by atoms with E-state index in [1.807, 2.05) is 0 Å². The lowest BCUT2D eigenvalue weighted by Gasteiger charge is -2.24. The van der Waals surface area contributed by atoms with Crippen LogP contribution in [0.25, 0.3) is 16.9 Å². The minimum absolute atomic E-state index is 0.0403. The number of fused-ring (bicyclic) bond motifs is 1. The molecule has 1 saturated heterocycles. The highest BCUT2D eigenvalue weighted by Gasteiger charge is 2.32. The van der Waals surface area contributed by atoms with E-state index < -0.39 is 65.4 Å². The number of carbonyl (C=O) groups is 1. The molecular formula is C22H21F4N5O4. The second-order valence-electron chi connectivity index (χ2n) is 8.56. The summed E-state index contributed by atoms with van der Waals surface area (Å²) in [7, 11) is 0. The second kappa shape index (κ2) is 9.23. The Morgan fingerprint density at radius 2 is 1.86 bits per heavy atom. The van der Waals surface area contributed by atoms with Crippen LogP contribution in [0.4, 0.5) is 23.4 Å². The van der Waals surface area contributed by atoms with Gasteiger partial charge in [0.2, 0.25) is 5.43 Å². The molecule has 3 aromatic rings. The van der Waals surface area contributed by atoms with Crippen molar-refractivity contribution in [2.75, 3.05) is 31.3 Å². The maximum atomic E-state index is 14.7. The molecule has 186 valence electrons. The van der Waals surface area contributed by atoms with E-state index in [2.05, 4.69) is 15.3 Å². The van der Waals surface area contributed by atoms with Gasteiger partial charge in [-0.15, -0.1) is 0 Å². The van der Waals surface area contributed by atoms with Crippen molar-refractivity contribution in [3.63, 3.8) is 0 Å². The third-order valence-electron chi connectivity index (χ3n) is 5.69. The van der Waals surface area contributed by atoms with Crippen molar-refractivity contribution in [3.8, 4) is 5.82 Å². The molecule has 0 bridgehead atoms. The number of aliphatic hydroxyl groups is 2. The van der Waals surface area contributed by atoms with Crippen LogP contribution in [0.2, 0.25) is 0 Å². The maximum absolute atomic E-state index is 14.7. The number of hydrogen-bond acceptors (Lipinski definition) is 7. The minimum Gasteiger partial charge on any atom is -0.389 e. The lowest BCUT2D eigenvalue weighted by atomic mass is 10.1. The number of anilines is 1. The van der Waals surface area contributed by atoms with Gasteiger partial charge in [0.25, 0.3) is 5.91 Å². The number of aromatic nitrogens is 3. The van der Waals surface area contributed by atoms with Crippen LogP contribution in [-0.2, 0) is 0 Å². The van der Waals surface area contributed by atoms with Crippen molar-refractivity contribution < 1.29 is 32.6 Å². The van der Waals surface area contributed by atoms with E-state index in [1.54, 1.807) is 0 Å². The third-order valence-corrected chi connectivity index (χ3v) is 5.69. The molecule has 0 spiro atoms. The highest BCUT2D eigenvalue weighted by Crippen LogP contribution is 2.24. The molecule has 3 N–H and O–H groups in total. The summed E-state index contributed by atoms with van der Waals surface area (Å²) in [6.07, 6.45) is -0.429. The number of alkyl halides is 2. The number of nitrogens with zero attached hydrogens (tertiary/aromatic N) is 4. The van der Waals surface area contributed by atoms with Crippen molar-refractivity contribution in [1.29, 1.82) is 0 Å². The van der Waals surface area contributed by atoms with Crippen molar-refractivity contribution in [3.05, 3.63) is 58.0 Å². The first kappa shape index (κ1) is 24.5. The van der Waals surface area contributed by atoms with Gasteiger partial charge in [-0.3, -0.25) is 14.2 Å². The summed E-state index contributed by atoms with van der Waals surface area (Å²) >= 11 is 0. The van der Waals surface area contributed by atoms with Gasteiger partial charge in [-0.2, -0.15) is 0 Å². The van der Waals surface area contributed by atoms with Crippen LogP contribution in [0, 0.1) is 11.6 Å². The average molecular weight is 495 g/mol. The Hall–Kier alpha value is -3.58. The van der Waals surface area contributed by atoms with E-state index >= 15 is 0 Å². The van der Waals surface area contributed by atoms with E-state index in [0.717, 1.165) is 23.9 Å². The SMILES string of the molecule is CC(CF)(CF)NC(=O)c1cn(-c2ncc(F)cc2F)c2nc(N3C[C@@H](O)[C@H](O)C3)ccc2c1=O. The number of aliphatic hydroxyl groups excluding tert-OH is 2. The summed E-state index contributed by atoms with van der Waals surface area (Å²) in [5.41, 5.74) is -3.46. The Kier molecular flexibility index (Phi) is 6.47. The molecule has 35 heavy (non-hydrogen) atoms. The zero-order valence-electron chi connectivity index (χ0n) is 18.4. The molecule has 0 aromatic carbocycles. The topological polar surface area (TPSA) is 121 Å². The molecule has 3 aromatic heterocycles. The second-order valence-corrected chi connectivity index (χ2v) is 8.56. The lowest BCUT2D eigenvalue weighted by molar-refractivity contribution is 0.0572. The molecule has 1 fully saturated rings. The number of hydrogen-bond donors (Lipinski definition) is 3. The molecule has 13 heteroatoms. The van der Waals surface area contributed by atoms with Gasteiger partial charge in [0.15, 0.2) is 17.3 Å². The van der Waals surface area contributed by atoms with Crippen LogP contribution in [-0.4, -0.2) is 74.8 Å². The lowest BCUT2D eigenvalue weighted by Crippen LogP contribution is -2.50. The minimum atomic E-state index is -1.89. The van der Waals surface area contributed by atoms with Gasteiger partial charge in [0.1, 0.15) is 30.5 Å². The van der Waals surface area contributed by atoms with E-state index in [4.69, 9.17) is 0 Å². The number of carbonyl (C=O) groups excluding carboxylic acids is 1. The van der Waals surface area contributed by atoms with E-state index in [-0.39, 0.29) is 29.9 Å². The molecule has 4 heterocycles. The van der Waals surface area contributed by atoms with Gasteiger partial charge >= 0.3 is 0 Å². The Labute approximate surface area is 195 Å². The third kappa shape index (κ3) is 4.56. The summed E-state index contributed by atoms with van der Waals surface area (Å²) in [4.78, 5) is 35.5. The van der Waals surface area contributed by atoms with Gasteiger partial charge in [0.05, 0.1) is 29.3 Å². The predicted molar refractivity (Wildman–Crippen MR) is 117 cm³/mol. The number of halogens is 4. The molecule has 1 aliphatic rings. The fourth-order valence-corrected chi connectivity index (χ4v) is 3.68. The van der Waals surface area contributed by atoms with Crippen molar-refractivity contribution in [1.82, 2.24) is 19.9 Å². The Bertz CT molecular complexity index is 1340. The summed E-state index contributed by atoms with van der Waals surface area (Å²) < 4.78 is 55.7. The number of β-amino-alcohol motifs (C(OH)–C–C–N with tert-alkyl or cyclic N) is 2. The van der Waals surface area contributed by atoms with Crippen LogP contribution in [0.5, 0.6) is 0 Å². The van der Waals surface area contributed by atoms with Crippen LogP contribution >= 0.6 is 0 Å². The molecule has 1 amide bonds. The predicted octanol–water partition coefficient (Wildman–Crippen LogP) is 1.03. The van der Waals surface area contributed by atoms with Gasteiger partial charge in [-0.05, 0) is 19.1 Å². The zero-order valence-corrected chi connectivity index (χ0v) is 18.4. The van der Waals surface area contributed by atoms with Crippen molar-refractivity contribution in [2.45, 2.75) is 24.7 Å². The molecule has 2 atom stereocenters. The fraction of sp³-hybridized carbons (Fsp3) is 0.364. The standard InChI is InChI=1S/C22H21F4N5O4/c1-22(9-23,10-24)29-21(35)13-6-31(20-14(26)4-11(25)5-27-20)19-12(18(13)34)2-3-17(28-19)30-7-15(32)16(33)8-30/h2-6,15-16,32-33H,7-10H2,1H3,(H,29,35)/t15-,16-/m1/s1. The summed E-state index contributed by atoms with van der Waals surface area (Å²) in [6, 6.07) is 3.25. The molecule has 0 aliphatic carbocycles. The summed E-state index contributed by atoms with van der Waals surface area (Å²) in [5.74, 6) is -3.47. The number of rotatable bonds is 6. The largest absolute Gasteiger partial charge is 0.389 e. The van der Waals surface area contributed by atoms with Gasteiger partial charge in [-0.25, -0.2) is 27.5 Å². The maximum Gasteiger partial charge on any atom is 0.257 e. The molecule has 0 radical (unpaired) electrons. The van der Waals surface area contributed by atoms with Gasteiger partial charge in [-0.1, -0.05) is 0 Å². The normalized spacial score (nSPS) is 18.3. The first-order valence-corrected chi connectivity index (χ1v) is 10.5. The van der Waals surface area contributed by atoms with E-state index in [0.29, 0.717) is 6.07 Å². The number of amides is 1. The molecule has 1 aliphatic heterocycles. The monoisotopic (exact) mass is 495 g/mol. The molecule has 4 rings (SSSR count). The van der Waals surface area contributed by atoms with Crippen LogP contribution in [0.1, 0.15) is 17.3 Å². The van der Waals surface area contributed by atoms with Crippen LogP contribution in [0.3, 0.4) is 0 Å². The van der Waals surface area contributed by atoms with Crippen molar-refractivity contribution >= 4 is 22.8 Å². The fourth-order valence-electron chi connectivity index (χ4n) is 3.68. The van der Waals surface area contributed by atoms with Crippen molar-refractivity contribution in [2.24, 2.45) is 0 Å². The van der Waals surface area contributed by atoms with Gasteiger partial charge < -0.3 is 20.4 Å². The molecule has 9 nitrogen and oxygen atoms in total. The Balaban J connectivity index is 1.92. The number of pyridine rings is 3. The highest BCUT2D eigenvalue weighted by molar-refractivity contribution is 5.97. The first-order chi connectivity index (χ1) is 16.6. The Morgan fingerprint density at radius 1 is 1.20 bits per heavy atom. The smallest absolute Gasteiger partial charge is 0.257 e. The van der Waals surface area contributed by atoms with E-state index in [1.165, 1.54) is 17.0 Å². The van der Waals surface area contributed by atoms with E-state index in [9.17, 15) is 37.4 Å². The summed E-state index contributed by atoms with van der Waals surface area (Å²) in [6.45, 7) is -1.30. The first-order valence-electron chi connectivity index (χ1n) is 10.5. The molecular weight excluding hydrogens is 474 g/mol. The van der Waals surface area contributed by atoms with Gasteiger partial charge in [0, 0.05) is 25.4 Å². The molecule has 0 saturated carbocycles. The highest BCUT2D eigenvalue weighted by atomic mass is 19.1. The van der Waals surface area contributed by atoms with Crippen LogP contribution in [0.15, 0.2) is 35.4 Å². The zero-order chi connectivity index (χ0) is 25.5. The summed E-state index contributed by atoms with van der Waals surface area (Å²) in [5, 5.41) is 21.7. The number of nitrogens with one attached hydrogen (secondary N) is 1. The average Bonchev–Trinajstić information content (AvgIpc) is 3.17. The Morgan fingerprint density at radius 3 is 2.46 bits per heavy atom. The molecule has 0 unspecified atom stereocenters.